The summed E-state index contributed by atoms with van der Waals surface area (Å²) in [5, 5.41) is 8.91. The Morgan fingerprint density at radius 2 is 1.80 bits per heavy atom. The Balaban J connectivity index is 2.28. The van der Waals surface area contributed by atoms with Crippen molar-refractivity contribution < 1.29 is 14.6 Å². The Morgan fingerprint density at radius 1 is 1.15 bits per heavy atom. The van der Waals surface area contributed by atoms with Crippen molar-refractivity contribution in [2.45, 2.75) is 19.4 Å². The Kier molecular flexibility index (Phi) is 3.66. The van der Waals surface area contributed by atoms with Crippen LogP contribution in [-0.2, 0) is 5.60 Å². The lowest BCUT2D eigenvalue weighted by atomic mass is 9.98. The quantitative estimate of drug-likeness (QED) is 0.837. The Hall–Kier alpha value is -2.49. The van der Waals surface area contributed by atoms with Gasteiger partial charge in [0.25, 0.3) is 0 Å². The number of ether oxygens (including phenoxy) is 1. The molecule has 0 bridgehead atoms. The third-order valence-corrected chi connectivity index (χ3v) is 3.09. The number of carboxylic acids is 1. The molecule has 20 heavy (non-hydrogen) atoms. The fourth-order valence-corrected chi connectivity index (χ4v) is 1.95. The van der Waals surface area contributed by atoms with Gasteiger partial charge in [-0.05, 0) is 37.6 Å². The lowest BCUT2D eigenvalue weighted by Gasteiger charge is -2.27. The van der Waals surface area contributed by atoms with Crippen LogP contribution < -0.4 is 10.5 Å². The second-order valence-corrected chi connectivity index (χ2v) is 5.04. The molecule has 0 unspecified atom stereocenters. The average molecular weight is 271 g/mol. The highest BCUT2D eigenvalue weighted by Crippen LogP contribution is 2.31. The van der Waals surface area contributed by atoms with Crippen molar-refractivity contribution in [3.63, 3.8) is 0 Å². The summed E-state index contributed by atoms with van der Waals surface area (Å²) in [6.45, 7) is 3.87. The highest BCUT2D eigenvalue weighted by Gasteiger charge is 2.23. The van der Waals surface area contributed by atoms with Gasteiger partial charge >= 0.3 is 5.97 Å². The van der Waals surface area contributed by atoms with Crippen LogP contribution in [0.4, 0.5) is 5.69 Å². The van der Waals surface area contributed by atoms with E-state index in [1.54, 1.807) is 6.07 Å². The molecule has 0 saturated carbocycles. The minimum atomic E-state index is -1.01. The van der Waals surface area contributed by atoms with E-state index in [1.165, 1.54) is 12.1 Å². The normalized spacial score (nSPS) is 11.1. The van der Waals surface area contributed by atoms with Crippen molar-refractivity contribution in [2.24, 2.45) is 0 Å². The predicted molar refractivity (Wildman–Crippen MR) is 77.9 cm³/mol. The number of rotatable bonds is 4. The summed E-state index contributed by atoms with van der Waals surface area (Å²) in [6.07, 6.45) is 0. The molecule has 0 aliphatic rings. The minimum absolute atomic E-state index is 0.146. The molecule has 0 aliphatic heterocycles. The van der Waals surface area contributed by atoms with Crippen LogP contribution in [0.15, 0.2) is 48.5 Å². The van der Waals surface area contributed by atoms with E-state index in [0.717, 1.165) is 5.56 Å². The van der Waals surface area contributed by atoms with E-state index in [1.807, 2.05) is 44.2 Å². The molecule has 4 nitrogen and oxygen atoms in total. The number of hydrogen-bond donors (Lipinski definition) is 2. The molecule has 0 heterocycles. The maximum absolute atomic E-state index is 10.9. The number of benzene rings is 2. The van der Waals surface area contributed by atoms with Crippen LogP contribution >= 0.6 is 0 Å². The topological polar surface area (TPSA) is 72.5 Å². The van der Waals surface area contributed by atoms with Crippen molar-refractivity contribution in [1.82, 2.24) is 0 Å². The number of carbonyl (C=O) groups is 1. The summed E-state index contributed by atoms with van der Waals surface area (Å²) in [5.74, 6) is -0.533. The van der Waals surface area contributed by atoms with Crippen LogP contribution in [0.3, 0.4) is 0 Å². The Morgan fingerprint density at radius 3 is 2.35 bits per heavy atom. The number of nitrogens with two attached hydrogens (primary N) is 1. The van der Waals surface area contributed by atoms with Crippen LogP contribution in [0.5, 0.6) is 5.75 Å². The van der Waals surface area contributed by atoms with Crippen LogP contribution in [-0.4, -0.2) is 11.1 Å². The van der Waals surface area contributed by atoms with Gasteiger partial charge in [-0.1, -0.05) is 30.3 Å². The van der Waals surface area contributed by atoms with Crippen LogP contribution in [0, 0.1) is 0 Å². The zero-order valence-electron chi connectivity index (χ0n) is 11.5. The number of nitrogen functional groups attached to an aromatic ring is 1. The van der Waals surface area contributed by atoms with Gasteiger partial charge in [-0.25, -0.2) is 4.79 Å². The van der Waals surface area contributed by atoms with Gasteiger partial charge in [-0.2, -0.15) is 0 Å². The maximum Gasteiger partial charge on any atom is 0.335 e. The average Bonchev–Trinajstić information content (AvgIpc) is 2.41. The largest absolute Gasteiger partial charge is 0.481 e. The first-order valence-corrected chi connectivity index (χ1v) is 6.27. The zero-order valence-corrected chi connectivity index (χ0v) is 11.5. The third kappa shape index (κ3) is 2.91. The monoisotopic (exact) mass is 271 g/mol. The van der Waals surface area contributed by atoms with Gasteiger partial charge < -0.3 is 15.6 Å². The molecule has 104 valence electrons. The molecule has 0 radical (unpaired) electrons. The van der Waals surface area contributed by atoms with E-state index in [9.17, 15) is 4.79 Å². The molecule has 0 fully saturated rings. The van der Waals surface area contributed by atoms with Gasteiger partial charge in [0, 0.05) is 0 Å². The van der Waals surface area contributed by atoms with Crippen LogP contribution in [0.2, 0.25) is 0 Å². The maximum atomic E-state index is 10.9. The molecular formula is C16H17NO3. The molecule has 2 aromatic rings. The number of aromatic carboxylic acids is 1. The summed E-state index contributed by atoms with van der Waals surface area (Å²) in [7, 11) is 0. The molecule has 2 aromatic carbocycles. The lowest BCUT2D eigenvalue weighted by Crippen LogP contribution is -2.25. The highest BCUT2D eigenvalue weighted by atomic mass is 16.5. The first-order valence-electron chi connectivity index (χ1n) is 6.27. The van der Waals surface area contributed by atoms with Crippen molar-refractivity contribution in [2.75, 3.05) is 5.73 Å². The molecule has 0 aromatic heterocycles. The van der Waals surface area contributed by atoms with Gasteiger partial charge in [0.1, 0.15) is 11.4 Å². The molecular weight excluding hydrogens is 254 g/mol. The number of carboxylic acid groups (broad SMARTS) is 1. The molecule has 0 amide bonds. The molecule has 2 rings (SSSR count). The van der Waals surface area contributed by atoms with Gasteiger partial charge in [0.15, 0.2) is 0 Å². The summed E-state index contributed by atoms with van der Waals surface area (Å²) in [6, 6.07) is 14.2. The summed E-state index contributed by atoms with van der Waals surface area (Å²) < 4.78 is 5.94. The second kappa shape index (κ2) is 5.25. The molecule has 0 aliphatic carbocycles. The zero-order chi connectivity index (χ0) is 14.8. The van der Waals surface area contributed by atoms with Gasteiger partial charge in [0.2, 0.25) is 0 Å². The molecule has 0 saturated heterocycles. The first kappa shape index (κ1) is 13.9. The van der Waals surface area contributed by atoms with Crippen molar-refractivity contribution in [3.05, 3.63) is 59.7 Å². The SMILES string of the molecule is CC(C)(Oc1ccc(C(=O)O)cc1N)c1ccccc1. The number of hydrogen-bond acceptors (Lipinski definition) is 3. The van der Waals surface area contributed by atoms with Crippen molar-refractivity contribution in [3.8, 4) is 5.75 Å². The third-order valence-electron chi connectivity index (χ3n) is 3.09. The van der Waals surface area contributed by atoms with E-state index < -0.39 is 11.6 Å². The smallest absolute Gasteiger partial charge is 0.335 e. The standard InChI is InChI=1S/C16H17NO3/c1-16(2,12-6-4-3-5-7-12)20-14-9-8-11(15(18)19)10-13(14)17/h3-10H,17H2,1-2H3,(H,18,19). The van der Waals surface area contributed by atoms with Gasteiger partial charge in [0.05, 0.1) is 11.3 Å². The summed E-state index contributed by atoms with van der Waals surface area (Å²) in [4.78, 5) is 10.9. The van der Waals surface area contributed by atoms with Crippen molar-refractivity contribution in [1.29, 1.82) is 0 Å². The number of anilines is 1. The summed E-state index contributed by atoms with van der Waals surface area (Å²) >= 11 is 0. The van der Waals surface area contributed by atoms with E-state index in [0.29, 0.717) is 11.4 Å². The predicted octanol–water partition coefficient (Wildman–Crippen LogP) is 3.28. The highest BCUT2D eigenvalue weighted by molar-refractivity contribution is 5.89. The first-order chi connectivity index (χ1) is 9.40. The van der Waals surface area contributed by atoms with Crippen LogP contribution in [0.25, 0.3) is 0 Å². The van der Waals surface area contributed by atoms with E-state index in [2.05, 4.69) is 0 Å². The molecule has 3 N–H and O–H groups in total. The van der Waals surface area contributed by atoms with E-state index in [-0.39, 0.29) is 5.56 Å². The lowest BCUT2D eigenvalue weighted by molar-refractivity contribution is 0.0697. The molecule has 4 heteroatoms. The summed E-state index contributed by atoms with van der Waals surface area (Å²) in [5.41, 5.74) is 6.78. The van der Waals surface area contributed by atoms with E-state index in [4.69, 9.17) is 15.6 Å². The minimum Gasteiger partial charge on any atom is -0.481 e. The second-order valence-electron chi connectivity index (χ2n) is 5.04. The van der Waals surface area contributed by atoms with Gasteiger partial charge in [-0.15, -0.1) is 0 Å². The fraction of sp³-hybridized carbons (Fsp3) is 0.188. The Bertz CT molecular complexity index is 621. The van der Waals surface area contributed by atoms with Gasteiger partial charge in [-0.3, -0.25) is 0 Å². The van der Waals surface area contributed by atoms with Crippen LogP contribution in [0.1, 0.15) is 29.8 Å². The van der Waals surface area contributed by atoms with E-state index >= 15 is 0 Å². The Labute approximate surface area is 117 Å². The molecule has 0 spiro atoms. The molecule has 0 atom stereocenters. The van der Waals surface area contributed by atoms with Crippen molar-refractivity contribution >= 4 is 11.7 Å². The fourth-order valence-electron chi connectivity index (χ4n) is 1.95.